The predicted molar refractivity (Wildman–Crippen MR) is 74.0 cm³/mol. The van der Waals surface area contributed by atoms with Crippen LogP contribution in [0.15, 0.2) is 28.7 Å². The summed E-state index contributed by atoms with van der Waals surface area (Å²) in [5.41, 5.74) is 0.672. The third-order valence-electron chi connectivity index (χ3n) is 2.30. The number of benzene rings is 1. The predicted octanol–water partition coefficient (Wildman–Crippen LogP) is 3.60. The van der Waals surface area contributed by atoms with Gasteiger partial charge in [-0.15, -0.1) is 0 Å². The molecule has 0 heterocycles. The first-order valence-electron chi connectivity index (χ1n) is 5.19. The van der Waals surface area contributed by atoms with Crippen LogP contribution in [0.5, 0.6) is 0 Å². The molecule has 1 unspecified atom stereocenters. The highest BCUT2D eigenvalue weighted by atomic mass is 79.9. The van der Waals surface area contributed by atoms with Crippen LogP contribution in [0.1, 0.15) is 24.2 Å². The van der Waals surface area contributed by atoms with E-state index in [-0.39, 0.29) is 5.91 Å². The summed E-state index contributed by atoms with van der Waals surface area (Å²) in [6.45, 7) is 4.87. The number of hydrogen-bond donors (Lipinski definition) is 1. The molecule has 0 aliphatic heterocycles. The van der Waals surface area contributed by atoms with E-state index in [0.717, 1.165) is 4.47 Å². The number of rotatable bonds is 4. The van der Waals surface area contributed by atoms with Gasteiger partial charge in [0.25, 0.3) is 5.91 Å². The first kappa shape index (κ1) is 13.7. The van der Waals surface area contributed by atoms with Crippen molar-refractivity contribution >= 4 is 37.8 Å². The Labute approximate surface area is 113 Å². The Bertz CT molecular complexity index is 366. The highest BCUT2D eigenvalue weighted by Gasteiger charge is 2.13. The second-order valence-corrected chi connectivity index (χ2v) is 5.98. The van der Waals surface area contributed by atoms with Crippen LogP contribution in [0.3, 0.4) is 0 Å². The molecular weight excluding hydrogens is 334 g/mol. The minimum absolute atomic E-state index is 0.0439. The molecule has 0 spiro atoms. The van der Waals surface area contributed by atoms with Crippen molar-refractivity contribution in [3.8, 4) is 0 Å². The van der Waals surface area contributed by atoms with E-state index in [1.165, 1.54) is 0 Å². The minimum Gasteiger partial charge on any atom is -0.351 e. The maximum atomic E-state index is 11.8. The van der Waals surface area contributed by atoms with Gasteiger partial charge in [0.2, 0.25) is 0 Å². The molecule has 1 rings (SSSR count). The van der Waals surface area contributed by atoms with Gasteiger partial charge in [-0.1, -0.05) is 41.9 Å². The molecule has 1 aromatic rings. The lowest BCUT2D eigenvalue weighted by atomic mass is 10.1. The summed E-state index contributed by atoms with van der Waals surface area (Å²) in [5.74, 6) is 0.456. The highest BCUT2D eigenvalue weighted by molar-refractivity contribution is 9.10. The zero-order valence-corrected chi connectivity index (χ0v) is 12.5. The van der Waals surface area contributed by atoms with Gasteiger partial charge in [0.05, 0.1) is 5.56 Å². The summed E-state index contributed by atoms with van der Waals surface area (Å²) in [6.07, 6.45) is 0. The molecule has 0 saturated carbocycles. The van der Waals surface area contributed by atoms with E-state index in [9.17, 15) is 4.79 Å². The molecule has 1 atom stereocenters. The molecule has 1 aromatic carbocycles. The van der Waals surface area contributed by atoms with E-state index in [4.69, 9.17) is 0 Å². The number of nitrogens with one attached hydrogen (secondary N) is 1. The van der Waals surface area contributed by atoms with Crippen molar-refractivity contribution in [1.82, 2.24) is 5.32 Å². The van der Waals surface area contributed by atoms with Crippen molar-refractivity contribution in [2.24, 2.45) is 5.92 Å². The van der Waals surface area contributed by atoms with Crippen molar-refractivity contribution in [2.75, 3.05) is 6.54 Å². The van der Waals surface area contributed by atoms with Crippen LogP contribution in [0.2, 0.25) is 0 Å². The van der Waals surface area contributed by atoms with E-state index in [2.05, 4.69) is 51.0 Å². The molecule has 0 aliphatic rings. The lowest BCUT2D eigenvalue weighted by Gasteiger charge is -2.14. The molecule has 0 saturated heterocycles. The van der Waals surface area contributed by atoms with Crippen molar-refractivity contribution in [3.05, 3.63) is 34.3 Å². The number of halogens is 2. The van der Waals surface area contributed by atoms with Crippen LogP contribution in [-0.2, 0) is 0 Å². The normalized spacial score (nSPS) is 12.6. The molecule has 0 radical (unpaired) electrons. The van der Waals surface area contributed by atoms with Gasteiger partial charge in [-0.2, -0.15) is 0 Å². The number of alkyl halides is 1. The number of carbonyl (C=O) groups is 1. The van der Waals surface area contributed by atoms with Crippen molar-refractivity contribution < 1.29 is 4.79 Å². The Morgan fingerprint density at radius 3 is 2.56 bits per heavy atom. The summed E-state index contributed by atoms with van der Waals surface area (Å²) >= 11 is 6.90. The van der Waals surface area contributed by atoms with Gasteiger partial charge in [-0.3, -0.25) is 4.79 Å². The molecule has 1 N–H and O–H groups in total. The lowest BCUT2D eigenvalue weighted by Crippen LogP contribution is -2.31. The zero-order chi connectivity index (χ0) is 12.1. The Kier molecular flexibility index (Phi) is 5.49. The first-order chi connectivity index (χ1) is 7.52. The smallest absolute Gasteiger partial charge is 0.252 e. The SMILES string of the molecule is CC(C)C(Br)CNC(=O)c1ccccc1Br. The summed E-state index contributed by atoms with van der Waals surface area (Å²) in [6, 6.07) is 7.41. The third kappa shape index (κ3) is 3.91. The van der Waals surface area contributed by atoms with Gasteiger partial charge in [0.1, 0.15) is 0 Å². The fourth-order valence-corrected chi connectivity index (χ4v) is 1.79. The topological polar surface area (TPSA) is 29.1 Å². The average molecular weight is 349 g/mol. The van der Waals surface area contributed by atoms with Gasteiger partial charge < -0.3 is 5.32 Å². The second kappa shape index (κ2) is 6.40. The fourth-order valence-electron chi connectivity index (χ4n) is 1.17. The van der Waals surface area contributed by atoms with Crippen LogP contribution in [-0.4, -0.2) is 17.3 Å². The lowest BCUT2D eigenvalue weighted by molar-refractivity contribution is 0.0952. The molecule has 2 nitrogen and oxygen atoms in total. The summed E-state index contributed by atoms with van der Waals surface area (Å²) in [4.78, 5) is 12.1. The Morgan fingerprint density at radius 2 is 2.00 bits per heavy atom. The van der Waals surface area contributed by atoms with Crippen LogP contribution in [0.25, 0.3) is 0 Å². The quantitative estimate of drug-likeness (QED) is 0.827. The molecule has 0 bridgehead atoms. The number of carbonyl (C=O) groups excluding carboxylic acids is 1. The van der Waals surface area contributed by atoms with Crippen LogP contribution >= 0.6 is 31.9 Å². The van der Waals surface area contributed by atoms with Crippen molar-refractivity contribution in [1.29, 1.82) is 0 Å². The van der Waals surface area contributed by atoms with Crippen molar-refractivity contribution in [3.63, 3.8) is 0 Å². The van der Waals surface area contributed by atoms with Crippen molar-refractivity contribution in [2.45, 2.75) is 18.7 Å². The van der Waals surface area contributed by atoms with Gasteiger partial charge in [-0.05, 0) is 34.0 Å². The first-order valence-corrected chi connectivity index (χ1v) is 6.90. The number of hydrogen-bond acceptors (Lipinski definition) is 1. The maximum absolute atomic E-state index is 11.8. The van der Waals surface area contributed by atoms with E-state index < -0.39 is 0 Å². The van der Waals surface area contributed by atoms with E-state index >= 15 is 0 Å². The van der Waals surface area contributed by atoms with Gasteiger partial charge in [0.15, 0.2) is 0 Å². The Morgan fingerprint density at radius 1 is 1.38 bits per heavy atom. The Balaban J connectivity index is 2.57. The molecular formula is C12H15Br2NO. The van der Waals surface area contributed by atoms with Crippen LogP contribution in [0, 0.1) is 5.92 Å². The molecule has 16 heavy (non-hydrogen) atoms. The summed E-state index contributed by atoms with van der Waals surface area (Å²) < 4.78 is 0.822. The average Bonchev–Trinajstić information content (AvgIpc) is 2.25. The van der Waals surface area contributed by atoms with Crippen LogP contribution < -0.4 is 5.32 Å². The van der Waals surface area contributed by atoms with Crippen LogP contribution in [0.4, 0.5) is 0 Å². The second-order valence-electron chi connectivity index (χ2n) is 3.95. The zero-order valence-electron chi connectivity index (χ0n) is 9.34. The largest absolute Gasteiger partial charge is 0.351 e. The van der Waals surface area contributed by atoms with Gasteiger partial charge >= 0.3 is 0 Å². The fraction of sp³-hybridized carbons (Fsp3) is 0.417. The standard InChI is InChI=1S/C12H15Br2NO/c1-8(2)11(14)7-15-12(16)9-5-3-4-6-10(9)13/h3-6,8,11H,7H2,1-2H3,(H,15,16). The monoisotopic (exact) mass is 347 g/mol. The van der Waals surface area contributed by atoms with Gasteiger partial charge in [-0.25, -0.2) is 0 Å². The molecule has 0 aromatic heterocycles. The molecule has 4 heteroatoms. The molecule has 0 aliphatic carbocycles. The van der Waals surface area contributed by atoms with E-state index in [0.29, 0.717) is 22.9 Å². The maximum Gasteiger partial charge on any atom is 0.252 e. The summed E-state index contributed by atoms with van der Waals surface area (Å²) in [7, 11) is 0. The minimum atomic E-state index is -0.0439. The summed E-state index contributed by atoms with van der Waals surface area (Å²) in [5, 5.41) is 2.91. The molecule has 88 valence electrons. The Hall–Kier alpha value is -0.350. The van der Waals surface area contributed by atoms with Gasteiger partial charge in [0, 0.05) is 15.8 Å². The van der Waals surface area contributed by atoms with E-state index in [1.54, 1.807) is 6.07 Å². The third-order valence-corrected chi connectivity index (χ3v) is 4.37. The number of amides is 1. The molecule has 1 amide bonds. The highest BCUT2D eigenvalue weighted by Crippen LogP contribution is 2.16. The van der Waals surface area contributed by atoms with E-state index in [1.807, 2.05) is 18.2 Å². The molecule has 0 fully saturated rings.